The average molecular weight is 594 g/mol. The van der Waals surface area contributed by atoms with E-state index in [1.807, 2.05) is 12.1 Å². The van der Waals surface area contributed by atoms with Crippen LogP contribution in [0.2, 0.25) is 5.02 Å². The average Bonchev–Trinajstić information content (AvgIpc) is 3.13. The van der Waals surface area contributed by atoms with E-state index < -0.39 is 52.8 Å². The molecule has 4 aromatic rings. The number of carbonyl (C=O) groups is 2. The number of amides is 2. The van der Waals surface area contributed by atoms with Crippen LogP contribution >= 0.6 is 11.6 Å². The highest BCUT2D eigenvalue weighted by Crippen LogP contribution is 2.36. The van der Waals surface area contributed by atoms with Crippen LogP contribution in [0, 0.1) is 17.5 Å². The van der Waals surface area contributed by atoms with Gasteiger partial charge in [-0.15, -0.1) is 0 Å². The Kier molecular flexibility index (Phi) is 7.24. The first kappa shape index (κ1) is 27.6. The first-order chi connectivity index (χ1) is 20.2. The van der Waals surface area contributed by atoms with Crippen molar-refractivity contribution in [3.05, 3.63) is 133 Å². The molecule has 11 heteroatoms. The molecule has 0 fully saturated rings. The Hall–Kier alpha value is -4.57. The Morgan fingerprint density at radius 2 is 1.76 bits per heavy atom. The van der Waals surface area contributed by atoms with Crippen LogP contribution in [0.4, 0.5) is 13.2 Å². The highest BCUT2D eigenvalue weighted by atomic mass is 35.5. The maximum Gasteiger partial charge on any atom is 0.274 e. The van der Waals surface area contributed by atoms with Gasteiger partial charge in [-0.2, -0.15) is 0 Å². The molecule has 7 nitrogen and oxygen atoms in total. The number of fused-ring (bicyclic) bond motifs is 6. The van der Waals surface area contributed by atoms with Crippen molar-refractivity contribution in [2.45, 2.75) is 25.6 Å². The third-order valence-electron chi connectivity index (χ3n) is 7.53. The summed E-state index contributed by atoms with van der Waals surface area (Å²) in [6.45, 7) is -0.0200. The Morgan fingerprint density at radius 1 is 1.02 bits per heavy atom. The van der Waals surface area contributed by atoms with Crippen LogP contribution in [-0.4, -0.2) is 34.4 Å². The monoisotopic (exact) mass is 593 g/mol. The fourth-order valence-corrected chi connectivity index (χ4v) is 5.60. The van der Waals surface area contributed by atoms with E-state index in [4.69, 9.17) is 16.3 Å². The molecule has 1 atom stereocenters. The zero-order valence-corrected chi connectivity index (χ0v) is 22.8. The lowest BCUT2D eigenvalue weighted by Crippen LogP contribution is -2.45. The summed E-state index contributed by atoms with van der Waals surface area (Å²) in [4.78, 5) is 42.5. The lowest BCUT2D eigenvalue weighted by atomic mass is 9.97. The van der Waals surface area contributed by atoms with Gasteiger partial charge in [0, 0.05) is 48.5 Å². The van der Waals surface area contributed by atoms with Crippen LogP contribution in [-0.2, 0) is 19.6 Å². The minimum absolute atomic E-state index is 0.00724. The molecule has 3 aromatic carbocycles. The molecule has 0 spiro atoms. The summed E-state index contributed by atoms with van der Waals surface area (Å²) < 4.78 is 49.3. The van der Waals surface area contributed by atoms with Gasteiger partial charge in [-0.1, -0.05) is 48.0 Å². The maximum absolute atomic E-state index is 14.2. The third kappa shape index (κ3) is 5.02. The summed E-state index contributed by atoms with van der Waals surface area (Å²) in [6, 6.07) is 14.9. The minimum Gasteiger partial charge on any atom is -0.483 e. The van der Waals surface area contributed by atoms with Crippen LogP contribution in [0.3, 0.4) is 0 Å². The highest BCUT2D eigenvalue weighted by Gasteiger charge is 2.39. The number of rotatable bonds is 6. The molecule has 2 amide bonds. The molecule has 2 aliphatic heterocycles. The number of nitrogens with one attached hydrogen (secondary N) is 1. The summed E-state index contributed by atoms with van der Waals surface area (Å²) in [6.07, 6.45) is 1.84. The molecule has 1 unspecified atom stereocenters. The van der Waals surface area contributed by atoms with Gasteiger partial charge in [-0.3, -0.25) is 14.4 Å². The van der Waals surface area contributed by atoms with Gasteiger partial charge in [-0.05, 0) is 35.2 Å². The van der Waals surface area contributed by atoms with Crippen molar-refractivity contribution in [1.29, 1.82) is 0 Å². The molecule has 1 aromatic heterocycles. The fourth-order valence-electron chi connectivity index (χ4n) is 5.42. The van der Waals surface area contributed by atoms with Crippen LogP contribution in [0.25, 0.3) is 0 Å². The number of aromatic nitrogens is 1. The number of carbonyl (C=O) groups excluding carboxylic acids is 2. The Bertz CT molecular complexity index is 1770. The van der Waals surface area contributed by atoms with Gasteiger partial charge >= 0.3 is 0 Å². The van der Waals surface area contributed by atoms with Crippen molar-refractivity contribution in [2.75, 3.05) is 13.1 Å². The Labute approximate surface area is 243 Å². The third-order valence-corrected chi connectivity index (χ3v) is 7.77. The second-order valence-electron chi connectivity index (χ2n) is 10.1. The zero-order chi connectivity index (χ0) is 29.5. The van der Waals surface area contributed by atoms with Gasteiger partial charge in [0.15, 0.2) is 11.4 Å². The van der Waals surface area contributed by atoms with Gasteiger partial charge in [0.25, 0.3) is 11.8 Å². The van der Waals surface area contributed by atoms with E-state index in [0.29, 0.717) is 30.1 Å². The SMILES string of the molecule is O=C(NCc1c(F)cc(F)cc1F)c1cn2c(c(OCc3ccccc3)c1=O)C(=O)N1CCc3ccc(Cl)cc3C2C1. The molecule has 0 saturated carbocycles. The minimum atomic E-state index is -1.18. The number of hydrogen-bond donors (Lipinski definition) is 1. The predicted octanol–water partition coefficient (Wildman–Crippen LogP) is 5.03. The zero-order valence-electron chi connectivity index (χ0n) is 22.0. The van der Waals surface area contributed by atoms with Gasteiger partial charge < -0.3 is 19.5 Å². The standard InChI is InChI=1S/C31H23ClF3N3O4/c32-19-7-6-18-8-9-37-15-26(21(18)10-19)38-14-23(30(40)36-13-22-24(34)11-20(33)12-25(22)35)28(39)29(27(38)31(37)41)42-16-17-4-2-1-3-5-17/h1-7,10-12,14,26H,8-9,13,15-16H2,(H,36,40). The predicted molar refractivity (Wildman–Crippen MR) is 148 cm³/mol. The summed E-state index contributed by atoms with van der Waals surface area (Å²) in [5.41, 5.74) is 0.706. The molecule has 0 saturated heterocycles. The molecular formula is C31H23ClF3N3O4. The van der Waals surface area contributed by atoms with Crippen LogP contribution in [0.15, 0.2) is 71.7 Å². The first-order valence-corrected chi connectivity index (χ1v) is 13.5. The largest absolute Gasteiger partial charge is 0.483 e. The van der Waals surface area contributed by atoms with Crippen molar-refractivity contribution in [3.63, 3.8) is 0 Å². The van der Waals surface area contributed by atoms with Crippen molar-refractivity contribution in [1.82, 2.24) is 14.8 Å². The molecule has 0 aliphatic carbocycles. The number of pyridine rings is 1. The first-order valence-electron chi connectivity index (χ1n) is 13.2. The van der Waals surface area contributed by atoms with Gasteiger partial charge in [-0.25, -0.2) is 13.2 Å². The molecule has 3 heterocycles. The van der Waals surface area contributed by atoms with E-state index in [1.54, 1.807) is 45.9 Å². The molecule has 0 radical (unpaired) electrons. The van der Waals surface area contributed by atoms with Crippen LogP contribution in [0.5, 0.6) is 5.75 Å². The molecule has 214 valence electrons. The lowest BCUT2D eigenvalue weighted by molar-refractivity contribution is 0.0682. The van der Waals surface area contributed by atoms with Crippen molar-refractivity contribution in [3.8, 4) is 5.75 Å². The van der Waals surface area contributed by atoms with E-state index in [1.165, 1.54) is 6.20 Å². The van der Waals surface area contributed by atoms with Gasteiger partial charge in [0.05, 0.1) is 6.04 Å². The summed E-state index contributed by atoms with van der Waals surface area (Å²) in [7, 11) is 0. The number of hydrogen-bond acceptors (Lipinski definition) is 4. The number of ether oxygens (including phenoxy) is 1. The van der Waals surface area contributed by atoms with Gasteiger partial charge in [0.2, 0.25) is 5.43 Å². The van der Waals surface area contributed by atoms with E-state index in [-0.39, 0.29) is 30.2 Å². The summed E-state index contributed by atoms with van der Waals surface area (Å²) >= 11 is 6.34. The molecular weight excluding hydrogens is 571 g/mol. The van der Waals surface area contributed by atoms with Crippen molar-refractivity contribution >= 4 is 23.4 Å². The number of benzene rings is 3. The smallest absolute Gasteiger partial charge is 0.274 e. The Balaban J connectivity index is 1.46. The fraction of sp³-hybridized carbons (Fsp3) is 0.194. The number of nitrogens with zero attached hydrogens (tertiary/aromatic N) is 2. The van der Waals surface area contributed by atoms with Crippen LogP contribution < -0.4 is 15.5 Å². The maximum atomic E-state index is 14.2. The van der Waals surface area contributed by atoms with E-state index in [0.717, 1.165) is 16.7 Å². The molecule has 6 rings (SSSR count). The van der Waals surface area contributed by atoms with Crippen LogP contribution in [0.1, 0.15) is 49.1 Å². The summed E-state index contributed by atoms with van der Waals surface area (Å²) in [5, 5.41) is 2.84. The topological polar surface area (TPSA) is 80.6 Å². The molecule has 42 heavy (non-hydrogen) atoms. The van der Waals surface area contributed by atoms with Gasteiger partial charge in [0.1, 0.15) is 29.6 Å². The Morgan fingerprint density at radius 3 is 2.50 bits per heavy atom. The molecule has 2 aliphatic rings. The normalized spacial score (nSPS) is 15.5. The quantitative estimate of drug-likeness (QED) is 0.340. The summed E-state index contributed by atoms with van der Waals surface area (Å²) in [5.74, 6) is -5.14. The molecule has 1 N–H and O–H groups in total. The lowest BCUT2D eigenvalue weighted by Gasteiger charge is -2.35. The van der Waals surface area contributed by atoms with Crippen molar-refractivity contribution in [2.24, 2.45) is 0 Å². The van der Waals surface area contributed by atoms with E-state index in [9.17, 15) is 27.6 Å². The second kappa shape index (κ2) is 11.0. The van der Waals surface area contributed by atoms with Crippen molar-refractivity contribution < 1.29 is 27.5 Å². The second-order valence-corrected chi connectivity index (χ2v) is 10.6. The molecule has 2 bridgehead atoms. The number of halogens is 4. The van der Waals surface area contributed by atoms with E-state index in [2.05, 4.69) is 5.32 Å². The highest BCUT2D eigenvalue weighted by molar-refractivity contribution is 6.30. The van der Waals surface area contributed by atoms with E-state index >= 15 is 0 Å².